The number of hydrogen-bond donors (Lipinski definition) is 3. The molecule has 0 bridgehead atoms. The number of nitrogens with zero attached hydrogens (tertiary/aromatic N) is 1. The monoisotopic (exact) mass is 698 g/mol. The first-order valence-electron chi connectivity index (χ1n) is 13.6. The Morgan fingerprint density at radius 1 is 0.911 bits per heavy atom. The zero-order chi connectivity index (χ0) is 31.6. The van der Waals surface area contributed by atoms with Gasteiger partial charge in [-0.05, 0) is 66.2 Å². The Kier molecular flexibility index (Phi) is 10.8. The zero-order valence-corrected chi connectivity index (χ0v) is 27.2. The first-order valence-corrected chi connectivity index (χ1v) is 16.3. The lowest BCUT2D eigenvalue weighted by Crippen LogP contribution is -2.30. The summed E-state index contributed by atoms with van der Waals surface area (Å²) in [5, 5.41) is 10.8. The summed E-state index contributed by atoms with van der Waals surface area (Å²) < 4.78 is 6.12. The van der Waals surface area contributed by atoms with Crippen molar-refractivity contribution in [2.75, 3.05) is 23.5 Å². The van der Waals surface area contributed by atoms with Crippen LogP contribution in [0.4, 0.5) is 10.8 Å². The van der Waals surface area contributed by atoms with Gasteiger partial charge in [-0.1, -0.05) is 64.5 Å². The fourth-order valence-corrected chi connectivity index (χ4v) is 6.03. The average Bonchev–Trinajstić information content (AvgIpc) is 3.52. The molecule has 0 aliphatic rings. The van der Waals surface area contributed by atoms with Gasteiger partial charge in [-0.2, -0.15) is 0 Å². The van der Waals surface area contributed by atoms with Crippen molar-refractivity contribution in [3.05, 3.63) is 130 Å². The number of rotatable bonds is 11. The van der Waals surface area contributed by atoms with Gasteiger partial charge in [0, 0.05) is 31.6 Å². The van der Waals surface area contributed by atoms with E-state index in [-0.39, 0.29) is 17.4 Å². The average molecular weight is 700 g/mol. The van der Waals surface area contributed by atoms with E-state index in [9.17, 15) is 14.4 Å². The predicted molar refractivity (Wildman–Crippen MR) is 185 cm³/mol. The van der Waals surface area contributed by atoms with Crippen molar-refractivity contribution in [1.82, 2.24) is 10.3 Å². The molecule has 0 fully saturated rings. The van der Waals surface area contributed by atoms with Crippen LogP contribution in [-0.4, -0.2) is 35.6 Å². The summed E-state index contributed by atoms with van der Waals surface area (Å²) in [5.41, 5.74) is 3.40. The molecule has 0 aliphatic heterocycles. The van der Waals surface area contributed by atoms with Gasteiger partial charge in [0.1, 0.15) is 11.4 Å². The van der Waals surface area contributed by atoms with Gasteiger partial charge < -0.3 is 20.7 Å². The highest BCUT2D eigenvalue weighted by atomic mass is 79.9. The lowest BCUT2D eigenvalue weighted by molar-refractivity contribution is -0.114. The molecule has 0 atom stereocenters. The fourth-order valence-electron chi connectivity index (χ4n) is 4.12. The second-order valence-corrected chi connectivity index (χ2v) is 12.3. The number of anilines is 2. The van der Waals surface area contributed by atoms with Gasteiger partial charge in [0.05, 0.1) is 18.6 Å². The standard InChI is InChI=1S/C34H27BrN4O4S2/c1-43-27-14-6-11-24(18-27)30-20-45-34(38-30)39-31(40)21-44-28-15-7-13-26(19-28)36-33(42)29(17-22-8-5-12-25(35)16-22)37-32(41)23-9-3-2-4-10-23/h2-20H,21H2,1H3,(H,36,42)(H,37,41)(H,38,39,40)/b29-17+. The van der Waals surface area contributed by atoms with E-state index in [2.05, 4.69) is 36.9 Å². The number of amides is 3. The maximum atomic E-state index is 13.4. The predicted octanol–water partition coefficient (Wildman–Crippen LogP) is 7.72. The maximum absolute atomic E-state index is 13.4. The van der Waals surface area contributed by atoms with Crippen LogP contribution >= 0.6 is 39.0 Å². The molecular weight excluding hydrogens is 672 g/mol. The molecular formula is C34H27BrN4O4S2. The van der Waals surface area contributed by atoms with Gasteiger partial charge in [0.25, 0.3) is 11.8 Å². The SMILES string of the molecule is COc1cccc(-c2csc(NC(=O)CSc3cccc(NC(=O)/C(=C\c4cccc(Br)c4)NC(=O)c4ccccc4)c3)n2)c1. The van der Waals surface area contributed by atoms with E-state index in [4.69, 9.17) is 4.74 Å². The van der Waals surface area contributed by atoms with Gasteiger partial charge in [0.15, 0.2) is 5.13 Å². The van der Waals surface area contributed by atoms with Crippen molar-refractivity contribution in [3.8, 4) is 17.0 Å². The third-order valence-corrected chi connectivity index (χ3v) is 8.51. The number of halogens is 1. The highest BCUT2D eigenvalue weighted by molar-refractivity contribution is 9.10. The number of hydrogen-bond acceptors (Lipinski definition) is 7. The van der Waals surface area contributed by atoms with Crippen LogP contribution in [0.25, 0.3) is 17.3 Å². The van der Waals surface area contributed by atoms with Crippen LogP contribution < -0.4 is 20.7 Å². The van der Waals surface area contributed by atoms with E-state index in [1.807, 2.05) is 66.0 Å². The summed E-state index contributed by atoms with van der Waals surface area (Å²) in [7, 11) is 1.61. The number of thiazole rings is 1. The lowest BCUT2D eigenvalue weighted by Gasteiger charge is -2.12. The van der Waals surface area contributed by atoms with Crippen LogP contribution in [0.2, 0.25) is 0 Å². The molecule has 3 amide bonds. The van der Waals surface area contributed by atoms with E-state index in [0.717, 1.165) is 31.9 Å². The quantitative estimate of drug-likeness (QED) is 0.0963. The summed E-state index contributed by atoms with van der Waals surface area (Å²) in [6.45, 7) is 0. The number of thioether (sulfide) groups is 1. The Labute approximate surface area is 277 Å². The largest absolute Gasteiger partial charge is 0.497 e. The van der Waals surface area contributed by atoms with Gasteiger partial charge in [-0.3, -0.25) is 14.4 Å². The minimum absolute atomic E-state index is 0.0798. The molecule has 0 radical (unpaired) electrons. The van der Waals surface area contributed by atoms with E-state index in [0.29, 0.717) is 16.4 Å². The highest BCUT2D eigenvalue weighted by Crippen LogP contribution is 2.28. The van der Waals surface area contributed by atoms with Crippen molar-refractivity contribution in [1.29, 1.82) is 0 Å². The second-order valence-electron chi connectivity index (χ2n) is 9.52. The first-order chi connectivity index (χ1) is 21.9. The normalized spacial score (nSPS) is 11.0. The molecule has 11 heteroatoms. The van der Waals surface area contributed by atoms with Gasteiger partial charge >= 0.3 is 0 Å². The first kappa shape index (κ1) is 31.7. The lowest BCUT2D eigenvalue weighted by atomic mass is 10.1. The topological polar surface area (TPSA) is 109 Å². The molecule has 5 aromatic rings. The Hall–Kier alpha value is -4.71. The third kappa shape index (κ3) is 9.15. The molecule has 3 N–H and O–H groups in total. The van der Waals surface area contributed by atoms with E-state index < -0.39 is 11.8 Å². The summed E-state index contributed by atoms with van der Waals surface area (Å²) >= 11 is 6.11. The molecule has 8 nitrogen and oxygen atoms in total. The summed E-state index contributed by atoms with van der Waals surface area (Å²) in [5.74, 6) is -0.224. The van der Waals surface area contributed by atoms with Gasteiger partial charge in [-0.25, -0.2) is 4.98 Å². The molecule has 0 unspecified atom stereocenters. The van der Waals surface area contributed by atoms with Crippen molar-refractivity contribution in [3.63, 3.8) is 0 Å². The van der Waals surface area contributed by atoms with Crippen LogP contribution in [0, 0.1) is 0 Å². The van der Waals surface area contributed by atoms with Crippen LogP contribution in [-0.2, 0) is 9.59 Å². The number of carbonyl (C=O) groups is 3. The van der Waals surface area contributed by atoms with Crippen molar-refractivity contribution in [2.24, 2.45) is 0 Å². The van der Waals surface area contributed by atoms with Crippen LogP contribution in [0.15, 0.2) is 124 Å². The molecule has 4 aromatic carbocycles. The highest BCUT2D eigenvalue weighted by Gasteiger charge is 2.16. The minimum atomic E-state index is -0.491. The van der Waals surface area contributed by atoms with Crippen molar-refractivity contribution < 1.29 is 19.1 Å². The number of carbonyl (C=O) groups excluding carboxylic acids is 3. The van der Waals surface area contributed by atoms with Crippen molar-refractivity contribution >= 4 is 73.6 Å². The fraction of sp³-hybridized carbons (Fsp3) is 0.0588. The van der Waals surface area contributed by atoms with Crippen LogP contribution in [0.3, 0.4) is 0 Å². The summed E-state index contributed by atoms with van der Waals surface area (Å²) in [4.78, 5) is 44.3. The second kappa shape index (κ2) is 15.3. The molecule has 0 spiro atoms. The van der Waals surface area contributed by atoms with Crippen LogP contribution in [0.1, 0.15) is 15.9 Å². The maximum Gasteiger partial charge on any atom is 0.272 e. The Bertz CT molecular complexity index is 1860. The summed E-state index contributed by atoms with van der Waals surface area (Å²) in [6, 6.07) is 30.8. The smallest absolute Gasteiger partial charge is 0.272 e. The van der Waals surface area contributed by atoms with E-state index in [1.165, 1.54) is 23.1 Å². The number of aromatic nitrogens is 1. The molecule has 0 saturated carbocycles. The number of ether oxygens (including phenoxy) is 1. The Morgan fingerprint density at radius 2 is 1.71 bits per heavy atom. The number of benzene rings is 4. The zero-order valence-electron chi connectivity index (χ0n) is 24.0. The minimum Gasteiger partial charge on any atom is -0.497 e. The van der Waals surface area contributed by atoms with Crippen LogP contribution in [0.5, 0.6) is 5.75 Å². The number of nitrogens with one attached hydrogen (secondary N) is 3. The Balaban J connectivity index is 1.22. The summed E-state index contributed by atoms with van der Waals surface area (Å²) in [6.07, 6.45) is 1.61. The van der Waals surface area contributed by atoms with E-state index >= 15 is 0 Å². The van der Waals surface area contributed by atoms with Crippen molar-refractivity contribution in [2.45, 2.75) is 4.90 Å². The Morgan fingerprint density at radius 3 is 2.51 bits per heavy atom. The molecule has 1 aromatic heterocycles. The molecule has 0 aliphatic carbocycles. The molecule has 45 heavy (non-hydrogen) atoms. The third-order valence-electron chi connectivity index (χ3n) is 6.27. The molecule has 5 rings (SSSR count). The van der Waals surface area contributed by atoms with Gasteiger partial charge in [0.2, 0.25) is 5.91 Å². The van der Waals surface area contributed by atoms with Gasteiger partial charge in [-0.15, -0.1) is 23.1 Å². The molecule has 0 saturated heterocycles. The molecule has 1 heterocycles. The molecule has 226 valence electrons. The number of methoxy groups -OCH3 is 1. The van der Waals surface area contributed by atoms with E-state index in [1.54, 1.807) is 55.7 Å².